The van der Waals surface area contributed by atoms with Crippen molar-refractivity contribution in [3.63, 3.8) is 0 Å². The van der Waals surface area contributed by atoms with Crippen LogP contribution >= 0.6 is 0 Å². The van der Waals surface area contributed by atoms with Crippen molar-refractivity contribution in [2.75, 3.05) is 0 Å². The number of rotatable bonds is 6. The van der Waals surface area contributed by atoms with Crippen molar-refractivity contribution < 1.29 is 10.0 Å². The highest BCUT2D eigenvalue weighted by atomic mass is 16.4. The maximum atomic E-state index is 12.0. The number of benzene rings is 1. The Morgan fingerprint density at radius 3 is 2.58 bits per heavy atom. The second-order valence-electron chi connectivity index (χ2n) is 4.57. The van der Waals surface area contributed by atoms with Crippen molar-refractivity contribution in [3.8, 4) is 0 Å². The van der Waals surface area contributed by atoms with Gasteiger partial charge in [0.15, 0.2) is 5.84 Å². The highest BCUT2D eigenvalue weighted by Crippen LogP contribution is 2.08. The summed E-state index contributed by atoms with van der Waals surface area (Å²) >= 11 is 0. The molecular weight excluding hydrogens is 242 g/mol. The Morgan fingerprint density at radius 1 is 1.42 bits per heavy atom. The first-order valence-electron chi connectivity index (χ1n) is 6.39. The number of hydrogen-bond acceptors (Lipinski definition) is 3. The van der Waals surface area contributed by atoms with E-state index in [0.29, 0.717) is 13.0 Å². The molecule has 1 aromatic rings. The number of nitrogens with two attached hydrogens (primary N) is 1. The molecule has 0 spiro atoms. The summed E-state index contributed by atoms with van der Waals surface area (Å²) in [7, 11) is 0. The summed E-state index contributed by atoms with van der Waals surface area (Å²) in [5.41, 5.74) is 7.73. The van der Waals surface area contributed by atoms with Crippen LogP contribution in [0.3, 0.4) is 0 Å². The largest absolute Gasteiger partial charge is 0.409 e. The third-order valence-electron chi connectivity index (χ3n) is 2.95. The smallest absolute Gasteiger partial charge is 0.231 e. The average molecular weight is 263 g/mol. The molecule has 0 saturated heterocycles. The quantitative estimate of drug-likeness (QED) is 0.316. The molecule has 5 heteroatoms. The van der Waals surface area contributed by atoms with E-state index in [2.05, 4.69) is 10.5 Å². The normalized spacial score (nSPS) is 13.1. The minimum atomic E-state index is -0.569. The fourth-order valence-corrected chi connectivity index (χ4v) is 1.79. The topological polar surface area (TPSA) is 87.7 Å². The third-order valence-corrected chi connectivity index (χ3v) is 2.95. The Morgan fingerprint density at radius 2 is 2.05 bits per heavy atom. The molecule has 0 fully saturated rings. The van der Waals surface area contributed by atoms with Gasteiger partial charge in [0, 0.05) is 6.54 Å². The standard InChI is InChI=1S/C14H21N3O2/c1-3-4-12(13(15)17-19)14(18)16-9-11-7-5-10(2)6-8-11/h5-8,12,19H,3-4,9H2,1-2H3,(H2,15,17)(H,16,18). The summed E-state index contributed by atoms with van der Waals surface area (Å²) in [6, 6.07) is 7.92. The van der Waals surface area contributed by atoms with Crippen LogP contribution in [0, 0.1) is 12.8 Å². The van der Waals surface area contributed by atoms with Crippen LogP contribution in [-0.4, -0.2) is 17.0 Å². The monoisotopic (exact) mass is 263 g/mol. The van der Waals surface area contributed by atoms with Gasteiger partial charge in [0.25, 0.3) is 0 Å². The summed E-state index contributed by atoms with van der Waals surface area (Å²) in [4.78, 5) is 12.0. The number of amidine groups is 1. The van der Waals surface area contributed by atoms with Crippen LogP contribution < -0.4 is 11.1 Å². The van der Waals surface area contributed by atoms with E-state index in [1.807, 2.05) is 38.1 Å². The molecule has 0 bridgehead atoms. The summed E-state index contributed by atoms with van der Waals surface area (Å²) in [5, 5.41) is 14.4. The molecule has 0 saturated carbocycles. The minimum absolute atomic E-state index is 0.0387. The number of carbonyl (C=O) groups is 1. The molecule has 0 heterocycles. The maximum absolute atomic E-state index is 12.0. The summed E-state index contributed by atoms with van der Waals surface area (Å²) in [5.74, 6) is -0.818. The van der Waals surface area contributed by atoms with Gasteiger partial charge in [-0.1, -0.05) is 48.3 Å². The van der Waals surface area contributed by atoms with Crippen LogP contribution in [0.15, 0.2) is 29.4 Å². The van der Waals surface area contributed by atoms with Gasteiger partial charge in [-0.25, -0.2) is 0 Å². The Kier molecular flexibility index (Phi) is 5.85. The van der Waals surface area contributed by atoms with Gasteiger partial charge in [-0.15, -0.1) is 0 Å². The molecule has 0 radical (unpaired) electrons. The van der Waals surface area contributed by atoms with Crippen molar-refractivity contribution in [3.05, 3.63) is 35.4 Å². The first kappa shape index (κ1) is 15.0. The van der Waals surface area contributed by atoms with Crippen LogP contribution in [0.5, 0.6) is 0 Å². The maximum Gasteiger partial charge on any atom is 0.231 e. The Bertz CT molecular complexity index is 441. The van der Waals surface area contributed by atoms with E-state index in [9.17, 15) is 4.79 Å². The minimum Gasteiger partial charge on any atom is -0.409 e. The third kappa shape index (κ3) is 4.62. The predicted molar refractivity (Wildman–Crippen MR) is 74.8 cm³/mol. The van der Waals surface area contributed by atoms with Crippen molar-refractivity contribution in [1.29, 1.82) is 0 Å². The van der Waals surface area contributed by atoms with E-state index in [1.165, 1.54) is 5.56 Å². The lowest BCUT2D eigenvalue weighted by Gasteiger charge is -2.14. The van der Waals surface area contributed by atoms with E-state index < -0.39 is 5.92 Å². The average Bonchev–Trinajstić information content (AvgIpc) is 2.43. The highest BCUT2D eigenvalue weighted by Gasteiger charge is 2.21. The van der Waals surface area contributed by atoms with Crippen molar-refractivity contribution in [2.45, 2.75) is 33.2 Å². The van der Waals surface area contributed by atoms with Crippen LogP contribution in [0.1, 0.15) is 30.9 Å². The first-order valence-corrected chi connectivity index (χ1v) is 6.39. The zero-order chi connectivity index (χ0) is 14.3. The fraction of sp³-hybridized carbons (Fsp3) is 0.429. The van der Waals surface area contributed by atoms with Gasteiger partial charge < -0.3 is 16.3 Å². The van der Waals surface area contributed by atoms with Crippen molar-refractivity contribution >= 4 is 11.7 Å². The van der Waals surface area contributed by atoms with Crippen LogP contribution in [-0.2, 0) is 11.3 Å². The van der Waals surface area contributed by atoms with Crippen LogP contribution in [0.4, 0.5) is 0 Å². The van der Waals surface area contributed by atoms with Gasteiger partial charge in [-0.2, -0.15) is 0 Å². The molecule has 19 heavy (non-hydrogen) atoms. The second-order valence-corrected chi connectivity index (χ2v) is 4.57. The molecule has 0 aliphatic carbocycles. The van der Waals surface area contributed by atoms with Gasteiger partial charge in [0.1, 0.15) is 0 Å². The van der Waals surface area contributed by atoms with Crippen LogP contribution in [0.2, 0.25) is 0 Å². The van der Waals surface area contributed by atoms with Crippen molar-refractivity contribution in [2.24, 2.45) is 16.8 Å². The molecular formula is C14H21N3O2. The number of nitrogens with zero attached hydrogens (tertiary/aromatic N) is 1. The van der Waals surface area contributed by atoms with E-state index >= 15 is 0 Å². The lowest BCUT2D eigenvalue weighted by atomic mass is 10.0. The van der Waals surface area contributed by atoms with E-state index in [-0.39, 0.29) is 11.7 Å². The molecule has 1 amide bonds. The van der Waals surface area contributed by atoms with Gasteiger partial charge in [-0.05, 0) is 18.9 Å². The number of carbonyl (C=O) groups excluding carboxylic acids is 1. The summed E-state index contributed by atoms with van der Waals surface area (Å²) in [6.45, 7) is 4.40. The molecule has 1 aromatic carbocycles. The Hall–Kier alpha value is -2.04. The zero-order valence-corrected chi connectivity index (χ0v) is 11.4. The molecule has 5 nitrogen and oxygen atoms in total. The molecule has 0 aliphatic heterocycles. The predicted octanol–water partition coefficient (Wildman–Crippen LogP) is 1.77. The molecule has 1 atom stereocenters. The fourth-order valence-electron chi connectivity index (χ4n) is 1.79. The number of hydrogen-bond donors (Lipinski definition) is 3. The number of oxime groups is 1. The summed E-state index contributed by atoms with van der Waals surface area (Å²) in [6.07, 6.45) is 1.36. The molecule has 4 N–H and O–H groups in total. The lowest BCUT2D eigenvalue weighted by Crippen LogP contribution is -2.38. The van der Waals surface area contributed by atoms with Crippen LogP contribution in [0.25, 0.3) is 0 Å². The number of nitrogens with one attached hydrogen (secondary N) is 1. The molecule has 1 unspecified atom stereocenters. The number of amides is 1. The zero-order valence-electron chi connectivity index (χ0n) is 11.4. The molecule has 0 aromatic heterocycles. The van der Waals surface area contributed by atoms with Gasteiger partial charge in [0.2, 0.25) is 5.91 Å². The second kappa shape index (κ2) is 7.41. The first-order chi connectivity index (χ1) is 9.08. The lowest BCUT2D eigenvalue weighted by molar-refractivity contribution is -0.123. The van der Waals surface area contributed by atoms with Gasteiger partial charge in [0.05, 0.1) is 5.92 Å². The Labute approximate surface area is 113 Å². The van der Waals surface area contributed by atoms with Gasteiger partial charge >= 0.3 is 0 Å². The molecule has 104 valence electrons. The molecule has 0 aliphatic rings. The van der Waals surface area contributed by atoms with Gasteiger partial charge in [-0.3, -0.25) is 4.79 Å². The summed E-state index contributed by atoms with van der Waals surface area (Å²) < 4.78 is 0. The highest BCUT2D eigenvalue weighted by molar-refractivity contribution is 6.01. The van der Waals surface area contributed by atoms with E-state index in [1.54, 1.807) is 0 Å². The number of aryl methyl sites for hydroxylation is 1. The SMILES string of the molecule is CCCC(C(=O)NCc1ccc(C)cc1)C(N)=NO. The molecule has 1 rings (SSSR count). The van der Waals surface area contributed by atoms with E-state index in [0.717, 1.165) is 12.0 Å². The van der Waals surface area contributed by atoms with Crippen molar-refractivity contribution in [1.82, 2.24) is 5.32 Å². The Balaban J connectivity index is 2.59. The van der Waals surface area contributed by atoms with E-state index in [4.69, 9.17) is 10.9 Å².